The standard InChI is InChI=1S/C24H26F2N4O3/c1-31-20-11-21(32-2)23(26)19(22(20)25)14-33-18-12-28-24(29-13-18)30-17-5-3-15(4-6-17)16-7-9-27-10-8-16/h3-6,11-13,16,27H,7-10,14H2,1-2H3,(H,28,29,30). The minimum Gasteiger partial charge on any atom is -0.494 e. The first-order chi connectivity index (χ1) is 16.1. The number of aromatic nitrogens is 2. The fraction of sp³-hybridized carbons (Fsp3) is 0.333. The summed E-state index contributed by atoms with van der Waals surface area (Å²) < 4.78 is 44.3. The van der Waals surface area contributed by atoms with Gasteiger partial charge in [0.05, 0.1) is 32.2 Å². The van der Waals surface area contributed by atoms with Crippen molar-refractivity contribution >= 4 is 11.6 Å². The summed E-state index contributed by atoms with van der Waals surface area (Å²) in [6.45, 7) is 1.73. The molecule has 2 heterocycles. The number of nitrogens with zero attached hydrogens (tertiary/aromatic N) is 2. The van der Waals surface area contributed by atoms with Crippen LogP contribution in [0.25, 0.3) is 0 Å². The van der Waals surface area contributed by atoms with Crippen molar-refractivity contribution in [2.45, 2.75) is 25.4 Å². The van der Waals surface area contributed by atoms with Crippen LogP contribution in [0.15, 0.2) is 42.7 Å². The lowest BCUT2D eigenvalue weighted by Crippen LogP contribution is -2.26. The van der Waals surface area contributed by atoms with Gasteiger partial charge in [-0.15, -0.1) is 0 Å². The van der Waals surface area contributed by atoms with Gasteiger partial charge in [-0.2, -0.15) is 0 Å². The van der Waals surface area contributed by atoms with E-state index in [4.69, 9.17) is 14.2 Å². The smallest absolute Gasteiger partial charge is 0.227 e. The number of ether oxygens (including phenoxy) is 3. The minimum absolute atomic E-state index is 0.131. The molecular weight excluding hydrogens is 430 g/mol. The number of nitrogens with one attached hydrogen (secondary N) is 2. The third kappa shape index (κ3) is 5.31. The second-order valence-electron chi connectivity index (χ2n) is 7.69. The van der Waals surface area contributed by atoms with E-state index in [-0.39, 0.29) is 29.4 Å². The quantitative estimate of drug-likeness (QED) is 0.515. The van der Waals surface area contributed by atoms with Gasteiger partial charge in [0.25, 0.3) is 0 Å². The van der Waals surface area contributed by atoms with E-state index in [1.807, 2.05) is 12.1 Å². The monoisotopic (exact) mass is 456 g/mol. The lowest BCUT2D eigenvalue weighted by Gasteiger charge is -2.23. The molecule has 2 aromatic carbocycles. The summed E-state index contributed by atoms with van der Waals surface area (Å²) in [5.41, 5.74) is 1.90. The molecule has 0 amide bonds. The summed E-state index contributed by atoms with van der Waals surface area (Å²) in [6, 6.07) is 9.42. The Kier molecular flexibility index (Phi) is 7.19. The van der Waals surface area contributed by atoms with E-state index in [2.05, 4.69) is 32.7 Å². The first kappa shape index (κ1) is 22.7. The van der Waals surface area contributed by atoms with Crippen molar-refractivity contribution in [1.82, 2.24) is 15.3 Å². The Morgan fingerprint density at radius 2 is 1.58 bits per heavy atom. The zero-order valence-corrected chi connectivity index (χ0v) is 18.5. The first-order valence-corrected chi connectivity index (χ1v) is 10.7. The van der Waals surface area contributed by atoms with Crippen LogP contribution in [0, 0.1) is 11.6 Å². The Balaban J connectivity index is 1.38. The van der Waals surface area contributed by atoms with Crippen LogP contribution in [-0.4, -0.2) is 37.3 Å². The number of hydrogen-bond acceptors (Lipinski definition) is 7. The van der Waals surface area contributed by atoms with Gasteiger partial charge in [-0.25, -0.2) is 18.7 Å². The fourth-order valence-corrected chi connectivity index (χ4v) is 3.80. The molecule has 33 heavy (non-hydrogen) atoms. The summed E-state index contributed by atoms with van der Waals surface area (Å²) >= 11 is 0. The van der Waals surface area contributed by atoms with Crippen LogP contribution in [-0.2, 0) is 6.61 Å². The number of rotatable bonds is 8. The number of benzene rings is 2. The molecule has 0 spiro atoms. The van der Waals surface area contributed by atoms with Crippen LogP contribution in [0.1, 0.15) is 29.9 Å². The zero-order valence-electron chi connectivity index (χ0n) is 18.5. The Labute approximate surface area is 191 Å². The van der Waals surface area contributed by atoms with Gasteiger partial charge in [0.2, 0.25) is 5.95 Å². The van der Waals surface area contributed by atoms with E-state index < -0.39 is 11.6 Å². The summed E-state index contributed by atoms with van der Waals surface area (Å²) in [4.78, 5) is 8.44. The van der Waals surface area contributed by atoms with E-state index in [0.29, 0.717) is 11.9 Å². The number of hydrogen-bond donors (Lipinski definition) is 2. The average Bonchev–Trinajstić information content (AvgIpc) is 2.86. The van der Waals surface area contributed by atoms with Crippen LogP contribution < -0.4 is 24.8 Å². The summed E-state index contributed by atoms with van der Waals surface area (Å²) in [6.07, 6.45) is 5.17. The Hall–Kier alpha value is -3.46. The maximum atomic E-state index is 14.5. The third-order valence-corrected chi connectivity index (χ3v) is 5.65. The highest BCUT2D eigenvalue weighted by atomic mass is 19.1. The van der Waals surface area contributed by atoms with Gasteiger partial charge >= 0.3 is 0 Å². The van der Waals surface area contributed by atoms with Crippen molar-refractivity contribution < 1.29 is 23.0 Å². The molecule has 9 heteroatoms. The maximum Gasteiger partial charge on any atom is 0.227 e. The van der Waals surface area contributed by atoms with Gasteiger partial charge in [0, 0.05) is 11.8 Å². The molecular formula is C24H26F2N4O3. The highest BCUT2D eigenvalue weighted by Gasteiger charge is 2.20. The highest BCUT2D eigenvalue weighted by molar-refractivity contribution is 5.54. The number of piperidine rings is 1. The van der Waals surface area contributed by atoms with Crippen molar-refractivity contribution in [3.8, 4) is 17.2 Å². The van der Waals surface area contributed by atoms with Crippen LogP contribution in [0.5, 0.6) is 17.2 Å². The van der Waals surface area contributed by atoms with E-state index >= 15 is 0 Å². The molecule has 1 aliphatic heterocycles. The lowest BCUT2D eigenvalue weighted by atomic mass is 9.90. The van der Waals surface area contributed by atoms with Gasteiger partial charge in [-0.05, 0) is 49.5 Å². The van der Waals surface area contributed by atoms with Crippen LogP contribution in [0.2, 0.25) is 0 Å². The average molecular weight is 456 g/mol. The van der Waals surface area contributed by atoms with E-state index in [1.165, 1.54) is 32.2 Å². The normalized spacial score (nSPS) is 14.1. The van der Waals surface area contributed by atoms with Gasteiger partial charge < -0.3 is 24.8 Å². The molecule has 0 bridgehead atoms. The van der Waals surface area contributed by atoms with Crippen molar-refractivity contribution in [3.05, 3.63) is 65.5 Å². The molecule has 1 saturated heterocycles. The Bertz CT molecular complexity index is 1040. The molecule has 1 fully saturated rings. The molecule has 1 aliphatic rings. The second kappa shape index (κ2) is 10.4. The largest absolute Gasteiger partial charge is 0.494 e. The van der Waals surface area contributed by atoms with Crippen molar-refractivity contribution in [2.75, 3.05) is 32.6 Å². The highest BCUT2D eigenvalue weighted by Crippen LogP contribution is 2.32. The molecule has 0 unspecified atom stereocenters. The first-order valence-electron chi connectivity index (χ1n) is 10.7. The Morgan fingerprint density at radius 3 is 2.15 bits per heavy atom. The van der Waals surface area contributed by atoms with Crippen molar-refractivity contribution in [1.29, 1.82) is 0 Å². The molecule has 7 nitrogen and oxygen atoms in total. The molecule has 0 aliphatic carbocycles. The van der Waals surface area contributed by atoms with Gasteiger partial charge in [-0.3, -0.25) is 0 Å². The summed E-state index contributed by atoms with van der Waals surface area (Å²) in [5, 5.41) is 6.52. The zero-order chi connectivity index (χ0) is 23.2. The molecule has 1 aromatic heterocycles. The fourth-order valence-electron chi connectivity index (χ4n) is 3.80. The summed E-state index contributed by atoms with van der Waals surface area (Å²) in [7, 11) is 2.59. The van der Waals surface area contributed by atoms with E-state index in [9.17, 15) is 8.78 Å². The SMILES string of the molecule is COc1cc(OC)c(F)c(COc2cnc(Nc3ccc(C4CCNCC4)cc3)nc2)c1F. The number of halogens is 2. The molecule has 0 atom stereocenters. The third-order valence-electron chi connectivity index (χ3n) is 5.65. The summed E-state index contributed by atoms with van der Waals surface area (Å²) in [5.74, 6) is -0.708. The van der Waals surface area contributed by atoms with Crippen molar-refractivity contribution in [3.63, 3.8) is 0 Å². The number of anilines is 2. The van der Waals surface area contributed by atoms with Gasteiger partial charge in [0.15, 0.2) is 28.9 Å². The van der Waals surface area contributed by atoms with Crippen LogP contribution in [0.4, 0.5) is 20.4 Å². The molecule has 3 aromatic rings. The molecule has 4 rings (SSSR count). The maximum absolute atomic E-state index is 14.5. The van der Waals surface area contributed by atoms with E-state index in [0.717, 1.165) is 37.7 Å². The predicted octanol–water partition coefficient (Wildman–Crippen LogP) is 4.56. The van der Waals surface area contributed by atoms with Crippen LogP contribution in [0.3, 0.4) is 0 Å². The van der Waals surface area contributed by atoms with E-state index in [1.54, 1.807) is 0 Å². The minimum atomic E-state index is -0.844. The topological polar surface area (TPSA) is 77.5 Å². The van der Waals surface area contributed by atoms with Crippen LogP contribution >= 0.6 is 0 Å². The number of methoxy groups -OCH3 is 2. The van der Waals surface area contributed by atoms with Gasteiger partial charge in [-0.1, -0.05) is 12.1 Å². The van der Waals surface area contributed by atoms with Gasteiger partial charge in [0.1, 0.15) is 6.61 Å². The molecule has 2 N–H and O–H groups in total. The lowest BCUT2D eigenvalue weighted by molar-refractivity contribution is 0.280. The molecule has 0 radical (unpaired) electrons. The predicted molar refractivity (Wildman–Crippen MR) is 120 cm³/mol. The molecule has 0 saturated carbocycles. The molecule has 174 valence electrons. The van der Waals surface area contributed by atoms with Crippen molar-refractivity contribution in [2.24, 2.45) is 0 Å². The second-order valence-corrected chi connectivity index (χ2v) is 7.69. The Morgan fingerprint density at radius 1 is 0.970 bits per heavy atom.